The Morgan fingerprint density at radius 1 is 1.00 bits per heavy atom. The zero-order valence-corrected chi connectivity index (χ0v) is 12.0. The van der Waals surface area contributed by atoms with E-state index in [1.165, 1.54) is 5.56 Å². The van der Waals surface area contributed by atoms with E-state index in [4.69, 9.17) is 0 Å². The maximum Gasteiger partial charge on any atom is 0.238 e. The molecule has 2 N–H and O–H groups in total. The molecule has 0 spiro atoms. The molecular weight excluding hydrogens is 304 g/mol. The smallest absolute Gasteiger partial charge is 0.238 e. The van der Waals surface area contributed by atoms with Gasteiger partial charge in [0.1, 0.15) is 0 Å². The summed E-state index contributed by atoms with van der Waals surface area (Å²) in [5, 5.41) is 5.94. The predicted octanol–water partition coefficient (Wildman–Crippen LogP) is 3.18. The fourth-order valence-electron chi connectivity index (χ4n) is 1.65. The van der Waals surface area contributed by atoms with Crippen LogP contribution in [0.15, 0.2) is 59.1 Å². The standard InChI is InChI=1S/C15H15BrN2O/c16-13-6-8-14(9-7-13)18-15(19)11-17-10-12-4-2-1-3-5-12/h1-9,17H,10-11H2,(H,18,19). The Morgan fingerprint density at radius 3 is 2.37 bits per heavy atom. The highest BCUT2D eigenvalue weighted by Crippen LogP contribution is 2.13. The second-order valence-electron chi connectivity index (χ2n) is 4.14. The first-order chi connectivity index (χ1) is 9.24. The van der Waals surface area contributed by atoms with Crippen LogP contribution in [0.3, 0.4) is 0 Å². The van der Waals surface area contributed by atoms with Crippen LogP contribution in [0.4, 0.5) is 5.69 Å². The van der Waals surface area contributed by atoms with Crippen molar-refractivity contribution in [3.63, 3.8) is 0 Å². The summed E-state index contributed by atoms with van der Waals surface area (Å²) in [5.41, 5.74) is 1.97. The minimum Gasteiger partial charge on any atom is -0.325 e. The third-order valence-corrected chi connectivity index (χ3v) is 3.11. The lowest BCUT2D eigenvalue weighted by Gasteiger charge is -2.07. The fraction of sp³-hybridized carbons (Fsp3) is 0.133. The van der Waals surface area contributed by atoms with Crippen molar-refractivity contribution >= 4 is 27.5 Å². The van der Waals surface area contributed by atoms with Crippen molar-refractivity contribution in [3.8, 4) is 0 Å². The summed E-state index contributed by atoms with van der Waals surface area (Å²) in [5.74, 6) is -0.0433. The van der Waals surface area contributed by atoms with Gasteiger partial charge in [-0.15, -0.1) is 0 Å². The zero-order valence-electron chi connectivity index (χ0n) is 10.4. The van der Waals surface area contributed by atoms with Gasteiger partial charge >= 0.3 is 0 Å². The van der Waals surface area contributed by atoms with Crippen molar-refractivity contribution in [2.75, 3.05) is 11.9 Å². The number of amides is 1. The highest BCUT2D eigenvalue weighted by molar-refractivity contribution is 9.10. The molecule has 3 nitrogen and oxygen atoms in total. The van der Waals surface area contributed by atoms with Crippen molar-refractivity contribution in [1.29, 1.82) is 0 Å². The summed E-state index contributed by atoms with van der Waals surface area (Å²) < 4.78 is 0.993. The lowest BCUT2D eigenvalue weighted by molar-refractivity contribution is -0.115. The Morgan fingerprint density at radius 2 is 1.68 bits per heavy atom. The third-order valence-electron chi connectivity index (χ3n) is 2.59. The largest absolute Gasteiger partial charge is 0.325 e. The number of carbonyl (C=O) groups is 1. The van der Waals surface area contributed by atoms with E-state index in [-0.39, 0.29) is 5.91 Å². The summed E-state index contributed by atoms with van der Waals surface area (Å²) in [6, 6.07) is 17.5. The van der Waals surface area contributed by atoms with E-state index < -0.39 is 0 Å². The quantitative estimate of drug-likeness (QED) is 0.889. The molecule has 0 unspecified atom stereocenters. The molecule has 0 radical (unpaired) electrons. The van der Waals surface area contributed by atoms with Gasteiger partial charge in [-0.25, -0.2) is 0 Å². The van der Waals surface area contributed by atoms with E-state index in [0.717, 1.165) is 10.2 Å². The van der Waals surface area contributed by atoms with Crippen molar-refractivity contribution in [3.05, 3.63) is 64.6 Å². The van der Waals surface area contributed by atoms with Crippen molar-refractivity contribution in [2.45, 2.75) is 6.54 Å². The first-order valence-electron chi connectivity index (χ1n) is 6.04. The summed E-state index contributed by atoms with van der Waals surface area (Å²) in [7, 11) is 0. The first kappa shape index (κ1) is 13.8. The van der Waals surface area contributed by atoms with Crippen LogP contribution in [0.2, 0.25) is 0 Å². The lowest BCUT2D eigenvalue weighted by atomic mass is 10.2. The fourth-order valence-corrected chi connectivity index (χ4v) is 1.92. The van der Waals surface area contributed by atoms with Crippen molar-refractivity contribution in [2.24, 2.45) is 0 Å². The van der Waals surface area contributed by atoms with Gasteiger partial charge in [0.25, 0.3) is 0 Å². The minimum atomic E-state index is -0.0433. The van der Waals surface area contributed by atoms with Gasteiger partial charge in [0.2, 0.25) is 5.91 Å². The van der Waals surface area contributed by atoms with E-state index in [2.05, 4.69) is 26.6 Å². The van der Waals surface area contributed by atoms with Gasteiger partial charge in [-0.3, -0.25) is 4.79 Å². The van der Waals surface area contributed by atoms with Gasteiger partial charge in [0, 0.05) is 16.7 Å². The SMILES string of the molecule is O=C(CNCc1ccccc1)Nc1ccc(Br)cc1. The second-order valence-corrected chi connectivity index (χ2v) is 5.06. The molecule has 4 heteroatoms. The van der Waals surface area contributed by atoms with E-state index in [1.54, 1.807) is 0 Å². The van der Waals surface area contributed by atoms with Crippen LogP contribution in [0.5, 0.6) is 0 Å². The highest BCUT2D eigenvalue weighted by atomic mass is 79.9. The molecule has 0 heterocycles. The summed E-state index contributed by atoms with van der Waals surface area (Å²) >= 11 is 3.35. The number of nitrogens with one attached hydrogen (secondary N) is 2. The van der Waals surface area contributed by atoms with Gasteiger partial charge in [-0.1, -0.05) is 46.3 Å². The monoisotopic (exact) mass is 318 g/mol. The van der Waals surface area contributed by atoms with E-state index in [9.17, 15) is 4.79 Å². The summed E-state index contributed by atoms with van der Waals surface area (Å²) in [6.07, 6.45) is 0. The predicted molar refractivity (Wildman–Crippen MR) is 80.9 cm³/mol. The number of carbonyl (C=O) groups excluding carboxylic acids is 1. The average Bonchev–Trinajstić information content (AvgIpc) is 2.43. The van der Waals surface area contributed by atoms with Crippen LogP contribution in [0.25, 0.3) is 0 Å². The Kier molecular flexibility index (Phi) is 5.12. The van der Waals surface area contributed by atoms with Crippen LogP contribution in [-0.2, 0) is 11.3 Å². The van der Waals surface area contributed by atoms with E-state index >= 15 is 0 Å². The maximum atomic E-state index is 11.7. The van der Waals surface area contributed by atoms with Crippen LogP contribution < -0.4 is 10.6 Å². The molecule has 0 aromatic heterocycles. The second kappa shape index (κ2) is 7.07. The number of hydrogen-bond acceptors (Lipinski definition) is 2. The molecule has 0 aliphatic carbocycles. The first-order valence-corrected chi connectivity index (χ1v) is 6.83. The Hall–Kier alpha value is -1.65. The van der Waals surface area contributed by atoms with Crippen LogP contribution in [0, 0.1) is 0 Å². The topological polar surface area (TPSA) is 41.1 Å². The van der Waals surface area contributed by atoms with Gasteiger partial charge in [-0.05, 0) is 29.8 Å². The molecule has 0 saturated heterocycles. The molecule has 0 atom stereocenters. The zero-order chi connectivity index (χ0) is 13.5. The summed E-state index contributed by atoms with van der Waals surface area (Å²) in [4.78, 5) is 11.7. The van der Waals surface area contributed by atoms with Gasteiger partial charge in [0.05, 0.1) is 6.54 Å². The van der Waals surface area contributed by atoms with Crippen molar-refractivity contribution < 1.29 is 4.79 Å². The molecule has 0 bridgehead atoms. The number of halogens is 1. The molecule has 2 rings (SSSR count). The Labute approximate surface area is 121 Å². The molecule has 0 aliphatic heterocycles. The molecular formula is C15H15BrN2O. The van der Waals surface area contributed by atoms with Crippen LogP contribution in [-0.4, -0.2) is 12.5 Å². The lowest BCUT2D eigenvalue weighted by Crippen LogP contribution is -2.27. The Balaban J connectivity index is 1.74. The molecule has 0 aliphatic rings. The van der Waals surface area contributed by atoms with Crippen LogP contribution >= 0.6 is 15.9 Å². The highest BCUT2D eigenvalue weighted by Gasteiger charge is 2.01. The average molecular weight is 319 g/mol. The summed E-state index contributed by atoms with van der Waals surface area (Å²) in [6.45, 7) is 0.986. The molecule has 0 fully saturated rings. The van der Waals surface area contributed by atoms with Gasteiger partial charge < -0.3 is 10.6 Å². The number of rotatable bonds is 5. The molecule has 19 heavy (non-hydrogen) atoms. The third kappa shape index (κ3) is 4.85. The maximum absolute atomic E-state index is 11.7. The normalized spacial score (nSPS) is 10.2. The number of benzene rings is 2. The number of anilines is 1. The minimum absolute atomic E-state index is 0.0433. The van der Waals surface area contributed by atoms with Gasteiger partial charge in [0.15, 0.2) is 0 Å². The molecule has 2 aromatic rings. The molecule has 98 valence electrons. The van der Waals surface area contributed by atoms with E-state index in [1.807, 2.05) is 54.6 Å². The van der Waals surface area contributed by atoms with E-state index in [0.29, 0.717) is 13.1 Å². The van der Waals surface area contributed by atoms with Gasteiger partial charge in [-0.2, -0.15) is 0 Å². The molecule has 0 saturated carbocycles. The molecule has 2 aromatic carbocycles. The van der Waals surface area contributed by atoms with Crippen molar-refractivity contribution in [1.82, 2.24) is 5.32 Å². The number of hydrogen-bond donors (Lipinski definition) is 2. The molecule has 1 amide bonds. The van der Waals surface area contributed by atoms with Crippen LogP contribution in [0.1, 0.15) is 5.56 Å². The Bertz CT molecular complexity index is 526.